The van der Waals surface area contributed by atoms with Crippen molar-refractivity contribution in [2.24, 2.45) is 5.73 Å². The number of primary amides is 1. The molecule has 4 amide bonds. The van der Waals surface area contributed by atoms with Crippen LogP contribution in [0, 0.1) is 13.8 Å². The maximum absolute atomic E-state index is 14.0. The highest BCUT2D eigenvalue weighted by molar-refractivity contribution is 6.01. The van der Waals surface area contributed by atoms with Crippen molar-refractivity contribution in [3.05, 3.63) is 59.2 Å². The van der Waals surface area contributed by atoms with Gasteiger partial charge >= 0.3 is 6.09 Å². The van der Waals surface area contributed by atoms with Crippen LogP contribution in [0.15, 0.2) is 42.5 Å². The summed E-state index contributed by atoms with van der Waals surface area (Å²) >= 11 is 0. The van der Waals surface area contributed by atoms with Crippen LogP contribution in [0.25, 0.3) is 0 Å². The molecule has 0 aromatic heterocycles. The number of phenolic OH excluding ortho intramolecular Hbond substituents is 1. The summed E-state index contributed by atoms with van der Waals surface area (Å²) in [6.45, 7) is 8.71. The summed E-state index contributed by atoms with van der Waals surface area (Å²) < 4.78 is 5.28. The van der Waals surface area contributed by atoms with Crippen molar-refractivity contribution in [1.29, 1.82) is 0 Å². The second-order valence-electron chi connectivity index (χ2n) is 10.6. The third-order valence-corrected chi connectivity index (χ3v) is 6.08. The maximum Gasteiger partial charge on any atom is 0.408 e. The third kappa shape index (κ3) is 7.24. The van der Waals surface area contributed by atoms with Gasteiger partial charge < -0.3 is 31.1 Å². The first kappa shape index (κ1) is 28.5. The molecule has 1 fully saturated rings. The summed E-state index contributed by atoms with van der Waals surface area (Å²) in [6, 6.07) is 8.90. The summed E-state index contributed by atoms with van der Waals surface area (Å²) in [6.07, 6.45) is -0.162. The number of aryl methyl sites for hydroxylation is 2. The van der Waals surface area contributed by atoms with Crippen LogP contribution >= 0.6 is 0 Å². The lowest BCUT2D eigenvalue weighted by Crippen LogP contribution is -2.54. The molecule has 204 valence electrons. The number of phenols is 1. The summed E-state index contributed by atoms with van der Waals surface area (Å²) in [5, 5.41) is 16.1. The van der Waals surface area contributed by atoms with E-state index in [9.17, 15) is 24.3 Å². The Kier molecular flexibility index (Phi) is 8.65. The van der Waals surface area contributed by atoms with Crippen LogP contribution in [0.3, 0.4) is 0 Å². The van der Waals surface area contributed by atoms with Gasteiger partial charge in [0, 0.05) is 17.3 Å². The second-order valence-corrected chi connectivity index (χ2v) is 10.6. The molecule has 0 spiro atoms. The number of hydrogen-bond donors (Lipinski definition) is 4. The summed E-state index contributed by atoms with van der Waals surface area (Å²) in [5.74, 6) is -2.20. The van der Waals surface area contributed by atoms with E-state index in [0.29, 0.717) is 18.5 Å². The minimum Gasteiger partial charge on any atom is -0.508 e. The Morgan fingerprint density at radius 3 is 2.18 bits per heavy atom. The predicted octanol–water partition coefficient (Wildman–Crippen LogP) is 3.45. The van der Waals surface area contributed by atoms with Gasteiger partial charge in [-0.1, -0.05) is 36.4 Å². The molecule has 0 bridgehead atoms. The van der Waals surface area contributed by atoms with Gasteiger partial charge in [-0.05, 0) is 64.7 Å². The van der Waals surface area contributed by atoms with Crippen molar-refractivity contribution >= 4 is 29.5 Å². The molecular formula is C28H36N4O6. The van der Waals surface area contributed by atoms with E-state index in [0.717, 1.165) is 11.1 Å². The molecule has 2 aromatic rings. The van der Waals surface area contributed by atoms with Crippen molar-refractivity contribution in [3.63, 3.8) is 0 Å². The number of hydrogen-bond acceptors (Lipinski definition) is 6. The van der Waals surface area contributed by atoms with Gasteiger partial charge in [0.05, 0.1) is 6.42 Å². The average molecular weight is 525 g/mol. The monoisotopic (exact) mass is 524 g/mol. The van der Waals surface area contributed by atoms with Gasteiger partial charge in [0.1, 0.15) is 23.4 Å². The molecule has 2 atom stereocenters. The van der Waals surface area contributed by atoms with E-state index in [4.69, 9.17) is 10.5 Å². The normalized spacial score (nSPS) is 14.7. The van der Waals surface area contributed by atoms with Gasteiger partial charge in [-0.15, -0.1) is 0 Å². The number of ether oxygens (including phenoxy) is 1. The van der Waals surface area contributed by atoms with Crippen molar-refractivity contribution in [1.82, 2.24) is 10.2 Å². The molecule has 0 aliphatic heterocycles. The highest BCUT2D eigenvalue weighted by Crippen LogP contribution is 2.39. The molecular weight excluding hydrogens is 488 g/mol. The van der Waals surface area contributed by atoms with Gasteiger partial charge in [-0.25, -0.2) is 4.79 Å². The van der Waals surface area contributed by atoms with Crippen LogP contribution < -0.4 is 16.4 Å². The molecule has 10 heteroatoms. The lowest BCUT2D eigenvalue weighted by molar-refractivity contribution is -0.142. The number of alkyl carbamates (subject to hydrolysis) is 1. The number of rotatable bonds is 9. The number of nitrogens with two attached hydrogens (primary N) is 1. The minimum atomic E-state index is -1.37. The average Bonchev–Trinajstić information content (AvgIpc) is 3.63. The first-order valence-corrected chi connectivity index (χ1v) is 12.5. The number of amides is 4. The van der Waals surface area contributed by atoms with Gasteiger partial charge in [0.2, 0.25) is 11.8 Å². The molecule has 0 heterocycles. The van der Waals surface area contributed by atoms with Crippen LogP contribution in [0.5, 0.6) is 5.75 Å². The van der Waals surface area contributed by atoms with E-state index in [2.05, 4.69) is 10.6 Å². The Morgan fingerprint density at radius 2 is 1.66 bits per heavy atom. The zero-order valence-corrected chi connectivity index (χ0v) is 22.4. The van der Waals surface area contributed by atoms with Crippen molar-refractivity contribution in [2.45, 2.75) is 77.6 Å². The van der Waals surface area contributed by atoms with Gasteiger partial charge in [0.25, 0.3) is 5.91 Å². The first-order valence-electron chi connectivity index (χ1n) is 12.5. The van der Waals surface area contributed by atoms with Crippen molar-refractivity contribution < 1.29 is 29.0 Å². The van der Waals surface area contributed by atoms with Gasteiger partial charge in [-0.3, -0.25) is 14.4 Å². The Labute approximate surface area is 222 Å². The molecule has 0 saturated heterocycles. The van der Waals surface area contributed by atoms with E-state index >= 15 is 0 Å². The predicted molar refractivity (Wildman–Crippen MR) is 142 cm³/mol. The Morgan fingerprint density at radius 1 is 1.05 bits per heavy atom. The molecule has 1 aliphatic carbocycles. The lowest BCUT2D eigenvalue weighted by atomic mass is 10.00. The summed E-state index contributed by atoms with van der Waals surface area (Å²) in [5.41, 5.74) is 7.04. The minimum absolute atomic E-state index is 0.167. The standard InChI is InChI=1S/C28H36N4O6/c1-16-9-8-10-17(2)23(16)31-25(35)24(19-11-6-7-12-21(19)33)32(18-13-14-18)26(36)20(15-22(29)34)30-27(37)38-28(3,4)5/h6-12,18,20,24,33H,13-15H2,1-5H3,(H2,29,34)(H,30,37)(H,31,35). The lowest BCUT2D eigenvalue weighted by Gasteiger charge is -2.35. The fraction of sp³-hybridized carbons (Fsp3) is 0.429. The van der Waals surface area contributed by atoms with Crippen LogP contribution in [0.1, 0.15) is 62.8 Å². The van der Waals surface area contributed by atoms with Crippen LogP contribution in [-0.2, 0) is 19.1 Å². The second kappa shape index (κ2) is 11.5. The molecule has 1 saturated carbocycles. The number of aromatic hydroxyl groups is 1. The molecule has 3 rings (SSSR count). The van der Waals surface area contributed by atoms with E-state index in [1.807, 2.05) is 32.0 Å². The molecule has 10 nitrogen and oxygen atoms in total. The molecule has 5 N–H and O–H groups in total. The van der Waals surface area contributed by atoms with E-state index < -0.39 is 47.9 Å². The fourth-order valence-electron chi connectivity index (χ4n) is 4.24. The van der Waals surface area contributed by atoms with Gasteiger partial charge in [0.15, 0.2) is 0 Å². The number of anilines is 1. The Balaban J connectivity index is 2.04. The molecule has 1 aliphatic rings. The largest absolute Gasteiger partial charge is 0.508 e. The zero-order valence-electron chi connectivity index (χ0n) is 22.4. The smallest absolute Gasteiger partial charge is 0.408 e. The van der Waals surface area contributed by atoms with Crippen molar-refractivity contribution in [3.8, 4) is 5.75 Å². The molecule has 38 heavy (non-hydrogen) atoms. The van der Waals surface area contributed by atoms with Crippen molar-refractivity contribution in [2.75, 3.05) is 5.32 Å². The van der Waals surface area contributed by atoms with Crippen LogP contribution in [-0.4, -0.2) is 51.5 Å². The number of nitrogens with zero attached hydrogens (tertiary/aromatic N) is 1. The summed E-state index contributed by atoms with van der Waals surface area (Å²) in [4.78, 5) is 53.6. The van der Waals surface area contributed by atoms with E-state index in [1.54, 1.807) is 39.0 Å². The topological polar surface area (TPSA) is 151 Å². The molecule has 2 aromatic carbocycles. The quantitative estimate of drug-likeness (QED) is 0.394. The third-order valence-electron chi connectivity index (χ3n) is 6.08. The maximum atomic E-state index is 14.0. The Hall–Kier alpha value is -4.08. The fourth-order valence-corrected chi connectivity index (χ4v) is 4.24. The number of para-hydroxylation sites is 2. The number of benzene rings is 2. The number of nitrogens with one attached hydrogen (secondary N) is 2. The van der Waals surface area contributed by atoms with E-state index in [-0.39, 0.29) is 17.4 Å². The highest BCUT2D eigenvalue weighted by Gasteiger charge is 2.45. The van der Waals surface area contributed by atoms with Crippen LogP contribution in [0.2, 0.25) is 0 Å². The highest BCUT2D eigenvalue weighted by atomic mass is 16.6. The number of carbonyl (C=O) groups excluding carboxylic acids is 4. The van der Waals surface area contributed by atoms with Gasteiger partial charge in [-0.2, -0.15) is 0 Å². The number of carbonyl (C=O) groups is 4. The zero-order chi connectivity index (χ0) is 28.2. The molecule has 2 unspecified atom stereocenters. The van der Waals surface area contributed by atoms with Crippen LogP contribution in [0.4, 0.5) is 10.5 Å². The SMILES string of the molecule is Cc1cccc(C)c1NC(=O)C(c1ccccc1O)N(C(=O)C(CC(N)=O)NC(=O)OC(C)(C)C)C1CC1. The molecule has 0 radical (unpaired) electrons. The first-order chi connectivity index (χ1) is 17.8. The Bertz CT molecular complexity index is 1200. The summed E-state index contributed by atoms with van der Waals surface area (Å²) in [7, 11) is 0. The van der Waals surface area contributed by atoms with E-state index in [1.165, 1.54) is 11.0 Å².